The molecule has 0 fully saturated rings. The van der Waals surface area contributed by atoms with Gasteiger partial charge < -0.3 is 29.6 Å². The van der Waals surface area contributed by atoms with Crippen LogP contribution >= 0.6 is 0 Å². The van der Waals surface area contributed by atoms with Gasteiger partial charge in [-0.05, 0) is 69.7 Å². The molecule has 46 heavy (non-hydrogen) atoms. The van der Waals surface area contributed by atoms with Crippen molar-refractivity contribution < 1.29 is 28.2 Å². The zero-order chi connectivity index (χ0) is 32.8. The number of carbonyl (C=O) groups excluding carboxylic acids is 3. The first-order valence-electron chi connectivity index (χ1n) is 15.1. The molecule has 2 heterocycles. The Balaban J connectivity index is 1.38. The third kappa shape index (κ3) is 8.29. The molecule has 240 valence electrons. The molecule has 0 spiro atoms. The van der Waals surface area contributed by atoms with Crippen molar-refractivity contribution in [3.8, 4) is 11.3 Å². The summed E-state index contributed by atoms with van der Waals surface area (Å²) in [6, 6.07) is 22.0. The lowest BCUT2D eigenvalue weighted by Crippen LogP contribution is -2.52. The first-order valence-corrected chi connectivity index (χ1v) is 15.1. The second-order valence-electron chi connectivity index (χ2n) is 12.2. The largest absolute Gasteiger partial charge is 0.461 e. The van der Waals surface area contributed by atoms with Gasteiger partial charge in [0.25, 0.3) is 0 Å². The molecular formula is C35H38FN5O5. The van der Waals surface area contributed by atoms with Crippen molar-refractivity contribution in [2.75, 3.05) is 11.9 Å². The summed E-state index contributed by atoms with van der Waals surface area (Å²) in [5.41, 5.74) is 3.28. The van der Waals surface area contributed by atoms with Crippen molar-refractivity contribution in [3.05, 3.63) is 102 Å². The maximum absolute atomic E-state index is 13.9. The first-order chi connectivity index (χ1) is 21.9. The molecule has 0 saturated carbocycles. The number of rotatable bonds is 9. The number of esters is 1. The van der Waals surface area contributed by atoms with Crippen LogP contribution in [0.25, 0.3) is 11.3 Å². The van der Waals surface area contributed by atoms with Crippen LogP contribution < -0.4 is 10.6 Å². The number of anilines is 2. The fourth-order valence-corrected chi connectivity index (χ4v) is 5.06. The Morgan fingerprint density at radius 1 is 0.957 bits per heavy atom. The molecule has 11 heteroatoms. The molecular weight excluding hydrogens is 589 g/mol. The van der Waals surface area contributed by atoms with Crippen molar-refractivity contribution in [2.45, 2.75) is 65.5 Å². The monoisotopic (exact) mass is 627 g/mol. The van der Waals surface area contributed by atoms with Gasteiger partial charge in [0.1, 0.15) is 41.4 Å². The van der Waals surface area contributed by atoms with Crippen molar-refractivity contribution in [1.82, 2.24) is 19.8 Å². The van der Waals surface area contributed by atoms with Gasteiger partial charge in [0.05, 0.1) is 13.0 Å². The smallest absolute Gasteiger partial charge is 0.408 e. The van der Waals surface area contributed by atoms with E-state index >= 15 is 0 Å². The first kappa shape index (κ1) is 32.2. The average Bonchev–Trinajstić information content (AvgIpc) is 3.37. The molecule has 0 unspecified atom stereocenters. The van der Waals surface area contributed by atoms with E-state index in [2.05, 4.69) is 10.6 Å². The van der Waals surface area contributed by atoms with Crippen LogP contribution in [-0.2, 0) is 38.8 Å². The minimum absolute atomic E-state index is 0.0388. The molecule has 1 aliphatic rings. The van der Waals surface area contributed by atoms with E-state index < -0.39 is 29.6 Å². The van der Waals surface area contributed by atoms with E-state index in [9.17, 15) is 18.8 Å². The van der Waals surface area contributed by atoms with E-state index in [0.717, 1.165) is 16.8 Å². The van der Waals surface area contributed by atoms with Crippen LogP contribution in [-0.4, -0.2) is 50.6 Å². The Morgan fingerprint density at radius 2 is 1.65 bits per heavy atom. The summed E-state index contributed by atoms with van der Waals surface area (Å²) in [6.45, 7) is 7.98. The SMILES string of the molecule is Cc1ccc(Nc2c(-c3ccc(F)cc3)nc3n2CCN(C(=O)[C@H](CC(=O)OCc2ccccc2)NC(=O)OC(C)(C)C)C3)cc1. The maximum atomic E-state index is 13.9. The Hall–Kier alpha value is -5.19. The van der Waals surface area contributed by atoms with Crippen LogP contribution in [0, 0.1) is 12.7 Å². The number of ether oxygens (including phenoxy) is 2. The predicted molar refractivity (Wildman–Crippen MR) is 172 cm³/mol. The number of halogens is 1. The van der Waals surface area contributed by atoms with Crippen LogP contribution in [0.3, 0.4) is 0 Å². The topological polar surface area (TPSA) is 115 Å². The predicted octanol–water partition coefficient (Wildman–Crippen LogP) is 6.11. The van der Waals surface area contributed by atoms with Gasteiger partial charge in [-0.2, -0.15) is 0 Å². The van der Waals surface area contributed by atoms with Crippen molar-refractivity contribution in [3.63, 3.8) is 0 Å². The van der Waals surface area contributed by atoms with Crippen LogP contribution in [0.2, 0.25) is 0 Å². The summed E-state index contributed by atoms with van der Waals surface area (Å²) < 4.78 is 26.6. The van der Waals surface area contributed by atoms with Crippen molar-refractivity contribution in [1.29, 1.82) is 0 Å². The van der Waals surface area contributed by atoms with Gasteiger partial charge in [-0.15, -0.1) is 0 Å². The van der Waals surface area contributed by atoms with E-state index in [-0.39, 0.29) is 25.4 Å². The summed E-state index contributed by atoms with van der Waals surface area (Å²) in [5.74, 6) is -0.154. The highest BCUT2D eigenvalue weighted by Gasteiger charge is 2.34. The highest BCUT2D eigenvalue weighted by atomic mass is 19.1. The molecule has 0 bridgehead atoms. The third-order valence-electron chi connectivity index (χ3n) is 7.32. The highest BCUT2D eigenvalue weighted by molar-refractivity contribution is 5.90. The molecule has 1 aromatic heterocycles. The number of imidazole rings is 1. The average molecular weight is 628 g/mol. The normalized spacial score (nSPS) is 13.4. The van der Waals surface area contributed by atoms with E-state index in [1.165, 1.54) is 12.1 Å². The number of aromatic nitrogens is 2. The van der Waals surface area contributed by atoms with Crippen LogP contribution in [0.1, 0.15) is 44.1 Å². The van der Waals surface area contributed by atoms with Gasteiger partial charge >= 0.3 is 12.1 Å². The molecule has 10 nitrogen and oxygen atoms in total. The van der Waals surface area contributed by atoms with Gasteiger partial charge in [-0.25, -0.2) is 14.2 Å². The minimum Gasteiger partial charge on any atom is -0.461 e. The zero-order valence-electron chi connectivity index (χ0n) is 26.4. The number of alkyl carbamates (subject to hydrolysis) is 1. The molecule has 5 rings (SSSR count). The Labute approximate surface area is 267 Å². The molecule has 2 amide bonds. The summed E-state index contributed by atoms with van der Waals surface area (Å²) in [5, 5.41) is 6.04. The summed E-state index contributed by atoms with van der Waals surface area (Å²) in [4.78, 5) is 45.9. The second kappa shape index (κ2) is 13.8. The number of fused-ring (bicyclic) bond motifs is 1. The Bertz CT molecular complexity index is 1680. The summed E-state index contributed by atoms with van der Waals surface area (Å²) in [7, 11) is 0. The number of aryl methyl sites for hydroxylation is 1. The summed E-state index contributed by atoms with van der Waals surface area (Å²) >= 11 is 0. The van der Waals surface area contributed by atoms with Crippen LogP contribution in [0.15, 0.2) is 78.9 Å². The second-order valence-corrected chi connectivity index (χ2v) is 12.2. The van der Waals surface area contributed by atoms with E-state index in [1.54, 1.807) is 37.8 Å². The Kier molecular flexibility index (Phi) is 9.69. The summed E-state index contributed by atoms with van der Waals surface area (Å²) in [6.07, 6.45) is -1.19. The maximum Gasteiger partial charge on any atom is 0.408 e. The molecule has 1 atom stereocenters. The number of amides is 2. The molecule has 4 aromatic rings. The minimum atomic E-state index is -1.22. The lowest BCUT2D eigenvalue weighted by molar-refractivity contribution is -0.148. The standard InChI is InChI=1S/C35H38FN5O5/c1-23-10-16-27(17-11-23)37-32-31(25-12-14-26(36)15-13-25)39-29-21-40(18-19-41(29)32)33(43)28(38-34(44)46-35(2,3)4)20-30(42)45-22-24-8-6-5-7-9-24/h5-17,28,37H,18-22H2,1-4H3,(H,38,44)/t28-/m0/s1. The number of nitrogens with zero attached hydrogens (tertiary/aromatic N) is 3. The molecule has 0 saturated heterocycles. The molecule has 1 aliphatic heterocycles. The molecule has 3 aromatic carbocycles. The number of hydrogen-bond acceptors (Lipinski definition) is 7. The fourth-order valence-electron chi connectivity index (χ4n) is 5.06. The molecule has 2 N–H and O–H groups in total. The fraction of sp³-hybridized carbons (Fsp3) is 0.314. The molecule has 0 aliphatic carbocycles. The quantitative estimate of drug-likeness (QED) is 0.215. The van der Waals surface area contributed by atoms with Crippen molar-refractivity contribution >= 4 is 29.5 Å². The van der Waals surface area contributed by atoms with E-state index in [0.29, 0.717) is 36.0 Å². The Morgan fingerprint density at radius 3 is 2.33 bits per heavy atom. The third-order valence-corrected chi connectivity index (χ3v) is 7.32. The van der Waals surface area contributed by atoms with Gasteiger partial charge in [0, 0.05) is 24.3 Å². The van der Waals surface area contributed by atoms with Crippen LogP contribution in [0.4, 0.5) is 20.7 Å². The van der Waals surface area contributed by atoms with Gasteiger partial charge in [0.2, 0.25) is 5.91 Å². The number of carbonyl (C=O) groups is 3. The van der Waals surface area contributed by atoms with Crippen LogP contribution in [0.5, 0.6) is 0 Å². The van der Waals surface area contributed by atoms with Crippen molar-refractivity contribution in [2.24, 2.45) is 0 Å². The number of hydrogen-bond donors (Lipinski definition) is 2. The molecule has 0 radical (unpaired) electrons. The number of nitrogens with one attached hydrogen (secondary N) is 2. The lowest BCUT2D eigenvalue weighted by Gasteiger charge is -2.32. The van der Waals surface area contributed by atoms with E-state index in [1.807, 2.05) is 66.1 Å². The van der Waals surface area contributed by atoms with Gasteiger partial charge in [0.15, 0.2) is 0 Å². The van der Waals surface area contributed by atoms with Gasteiger partial charge in [-0.1, -0.05) is 48.0 Å². The lowest BCUT2D eigenvalue weighted by atomic mass is 10.1. The zero-order valence-corrected chi connectivity index (χ0v) is 26.4. The highest BCUT2D eigenvalue weighted by Crippen LogP contribution is 2.33. The number of benzene rings is 3. The van der Waals surface area contributed by atoms with Gasteiger partial charge in [-0.3, -0.25) is 9.59 Å². The van der Waals surface area contributed by atoms with E-state index in [4.69, 9.17) is 14.5 Å².